The summed E-state index contributed by atoms with van der Waals surface area (Å²) < 4.78 is 13.4. The Morgan fingerprint density at radius 3 is 2.00 bits per heavy atom. The average molecular weight is 348 g/mol. The third-order valence-electron chi connectivity index (χ3n) is 4.60. The molecule has 3 rings (SSSR count). The number of hydrogen-bond donors (Lipinski definition) is 1. The van der Waals surface area contributed by atoms with Gasteiger partial charge in [-0.3, -0.25) is 0 Å². The summed E-state index contributed by atoms with van der Waals surface area (Å²) in [6, 6.07) is 19.1. The molecule has 3 aromatic rings. The molecule has 0 aliphatic rings. The van der Waals surface area contributed by atoms with Crippen molar-refractivity contribution in [1.82, 2.24) is 4.98 Å². The smallest absolute Gasteiger partial charge is 0.129 e. The van der Waals surface area contributed by atoms with Gasteiger partial charge in [-0.25, -0.2) is 9.37 Å². The summed E-state index contributed by atoms with van der Waals surface area (Å²) in [5.41, 5.74) is 4.59. The molecule has 0 aliphatic carbocycles. The van der Waals surface area contributed by atoms with Crippen molar-refractivity contribution < 1.29 is 4.39 Å². The normalized spacial score (nSPS) is 12.7. The SMILES string of the molecule is Cc1cccnc1NC(c1ccc(F)cc1)c1ccc(C(C)(C)C)cc1. The molecule has 0 radical (unpaired) electrons. The first-order valence-corrected chi connectivity index (χ1v) is 8.88. The topological polar surface area (TPSA) is 24.9 Å². The second kappa shape index (κ2) is 7.28. The predicted molar refractivity (Wildman–Crippen MR) is 106 cm³/mol. The maximum Gasteiger partial charge on any atom is 0.129 e. The Morgan fingerprint density at radius 2 is 1.46 bits per heavy atom. The van der Waals surface area contributed by atoms with E-state index in [1.54, 1.807) is 6.20 Å². The van der Waals surface area contributed by atoms with E-state index in [4.69, 9.17) is 0 Å². The van der Waals surface area contributed by atoms with E-state index in [2.05, 4.69) is 55.3 Å². The number of nitrogens with one attached hydrogen (secondary N) is 1. The number of halogens is 1. The van der Waals surface area contributed by atoms with E-state index in [0.29, 0.717) is 0 Å². The number of hydrogen-bond acceptors (Lipinski definition) is 2. The molecule has 2 nitrogen and oxygen atoms in total. The summed E-state index contributed by atoms with van der Waals surface area (Å²) >= 11 is 0. The predicted octanol–water partition coefficient (Wildman–Crippen LogP) is 6.03. The van der Waals surface area contributed by atoms with Crippen LogP contribution in [0.1, 0.15) is 49.1 Å². The van der Waals surface area contributed by atoms with Crippen LogP contribution < -0.4 is 5.32 Å². The largest absolute Gasteiger partial charge is 0.359 e. The second-order valence-corrected chi connectivity index (χ2v) is 7.67. The van der Waals surface area contributed by atoms with E-state index in [-0.39, 0.29) is 17.3 Å². The first-order valence-electron chi connectivity index (χ1n) is 8.88. The monoisotopic (exact) mass is 348 g/mol. The van der Waals surface area contributed by atoms with E-state index in [0.717, 1.165) is 22.5 Å². The fourth-order valence-electron chi connectivity index (χ4n) is 2.96. The Labute approximate surface area is 155 Å². The first kappa shape index (κ1) is 18.1. The lowest BCUT2D eigenvalue weighted by atomic mass is 9.85. The first-order chi connectivity index (χ1) is 12.3. The molecule has 2 aromatic carbocycles. The van der Waals surface area contributed by atoms with Crippen molar-refractivity contribution in [3.8, 4) is 0 Å². The number of aromatic nitrogens is 1. The van der Waals surface area contributed by atoms with Crippen molar-refractivity contribution in [3.05, 3.63) is 94.9 Å². The third kappa shape index (κ3) is 4.10. The fourth-order valence-corrected chi connectivity index (χ4v) is 2.96. The molecule has 0 amide bonds. The van der Waals surface area contributed by atoms with Crippen LogP contribution in [0.2, 0.25) is 0 Å². The van der Waals surface area contributed by atoms with Crippen LogP contribution in [0.3, 0.4) is 0 Å². The number of pyridine rings is 1. The lowest BCUT2D eigenvalue weighted by Gasteiger charge is -2.24. The Morgan fingerprint density at radius 1 is 0.885 bits per heavy atom. The number of nitrogens with zero attached hydrogens (tertiary/aromatic N) is 1. The third-order valence-corrected chi connectivity index (χ3v) is 4.60. The van der Waals surface area contributed by atoms with Crippen molar-refractivity contribution >= 4 is 5.82 Å². The molecule has 1 aromatic heterocycles. The number of benzene rings is 2. The molecule has 0 bridgehead atoms. The number of aryl methyl sites for hydroxylation is 1. The molecule has 0 saturated heterocycles. The highest BCUT2D eigenvalue weighted by molar-refractivity contribution is 5.49. The summed E-state index contributed by atoms with van der Waals surface area (Å²) in [6.07, 6.45) is 1.78. The minimum absolute atomic E-state index is 0.0989. The van der Waals surface area contributed by atoms with Crippen LogP contribution in [0.15, 0.2) is 66.9 Å². The standard InChI is InChI=1S/C23H25FN2/c1-16-6-5-15-25-22(16)26-21(18-9-13-20(24)14-10-18)17-7-11-19(12-8-17)23(2,3)4/h5-15,21H,1-4H3,(H,25,26). The van der Waals surface area contributed by atoms with Gasteiger partial charge in [0.2, 0.25) is 0 Å². The molecule has 134 valence electrons. The van der Waals surface area contributed by atoms with Gasteiger partial charge in [-0.05, 0) is 52.8 Å². The lowest BCUT2D eigenvalue weighted by molar-refractivity contribution is 0.590. The molecular weight excluding hydrogens is 323 g/mol. The molecule has 0 saturated carbocycles. The van der Waals surface area contributed by atoms with Crippen LogP contribution in [0.5, 0.6) is 0 Å². The van der Waals surface area contributed by atoms with E-state index in [1.807, 2.05) is 31.2 Å². The molecule has 0 aliphatic heterocycles. The summed E-state index contributed by atoms with van der Waals surface area (Å²) in [5.74, 6) is 0.603. The van der Waals surface area contributed by atoms with Crippen LogP contribution in [0.4, 0.5) is 10.2 Å². The van der Waals surface area contributed by atoms with Crippen molar-refractivity contribution in [3.63, 3.8) is 0 Å². The molecular formula is C23H25FN2. The van der Waals surface area contributed by atoms with Gasteiger partial charge in [-0.1, -0.05) is 63.2 Å². The summed E-state index contributed by atoms with van der Waals surface area (Å²) in [4.78, 5) is 4.46. The summed E-state index contributed by atoms with van der Waals surface area (Å²) in [7, 11) is 0. The van der Waals surface area contributed by atoms with E-state index in [9.17, 15) is 4.39 Å². The quantitative estimate of drug-likeness (QED) is 0.623. The van der Waals surface area contributed by atoms with E-state index < -0.39 is 0 Å². The van der Waals surface area contributed by atoms with Crippen LogP contribution in [0, 0.1) is 12.7 Å². The van der Waals surface area contributed by atoms with E-state index >= 15 is 0 Å². The summed E-state index contributed by atoms with van der Waals surface area (Å²) in [5, 5.41) is 3.52. The molecule has 0 fully saturated rings. The summed E-state index contributed by atoms with van der Waals surface area (Å²) in [6.45, 7) is 8.64. The van der Waals surface area contributed by atoms with Gasteiger partial charge in [0.1, 0.15) is 11.6 Å². The maximum atomic E-state index is 13.4. The van der Waals surface area contributed by atoms with Gasteiger partial charge in [0, 0.05) is 6.20 Å². The van der Waals surface area contributed by atoms with E-state index in [1.165, 1.54) is 17.7 Å². The molecule has 1 N–H and O–H groups in total. The van der Waals surface area contributed by atoms with Crippen LogP contribution in [-0.4, -0.2) is 4.98 Å². The number of anilines is 1. The van der Waals surface area contributed by atoms with Gasteiger partial charge in [0.15, 0.2) is 0 Å². The van der Waals surface area contributed by atoms with Crippen molar-refractivity contribution in [2.45, 2.75) is 39.2 Å². The zero-order valence-corrected chi connectivity index (χ0v) is 15.8. The lowest BCUT2D eigenvalue weighted by Crippen LogP contribution is -2.15. The highest BCUT2D eigenvalue weighted by Crippen LogP contribution is 2.30. The van der Waals surface area contributed by atoms with Gasteiger partial charge >= 0.3 is 0 Å². The van der Waals surface area contributed by atoms with Crippen molar-refractivity contribution in [1.29, 1.82) is 0 Å². The molecule has 0 spiro atoms. The zero-order chi connectivity index (χ0) is 18.7. The second-order valence-electron chi connectivity index (χ2n) is 7.67. The van der Waals surface area contributed by atoms with Gasteiger partial charge in [-0.2, -0.15) is 0 Å². The molecule has 1 unspecified atom stereocenters. The molecule has 3 heteroatoms. The molecule has 1 atom stereocenters. The zero-order valence-electron chi connectivity index (χ0n) is 15.8. The van der Waals surface area contributed by atoms with Crippen molar-refractivity contribution in [2.75, 3.05) is 5.32 Å². The highest BCUT2D eigenvalue weighted by Gasteiger charge is 2.18. The van der Waals surface area contributed by atoms with Gasteiger partial charge in [-0.15, -0.1) is 0 Å². The Kier molecular flexibility index (Phi) is 5.08. The maximum absolute atomic E-state index is 13.4. The Bertz CT molecular complexity index is 862. The van der Waals surface area contributed by atoms with Crippen LogP contribution in [0.25, 0.3) is 0 Å². The minimum Gasteiger partial charge on any atom is -0.359 e. The van der Waals surface area contributed by atoms with Crippen molar-refractivity contribution in [2.24, 2.45) is 0 Å². The molecule has 26 heavy (non-hydrogen) atoms. The van der Waals surface area contributed by atoms with Gasteiger partial charge in [0.25, 0.3) is 0 Å². The fraction of sp³-hybridized carbons (Fsp3) is 0.261. The Balaban J connectivity index is 2.00. The number of rotatable bonds is 4. The van der Waals surface area contributed by atoms with Gasteiger partial charge < -0.3 is 5.32 Å². The minimum atomic E-state index is -0.232. The Hall–Kier alpha value is -2.68. The van der Waals surface area contributed by atoms with Gasteiger partial charge in [0.05, 0.1) is 6.04 Å². The average Bonchev–Trinajstić information content (AvgIpc) is 2.61. The molecule has 1 heterocycles. The highest BCUT2D eigenvalue weighted by atomic mass is 19.1. The van der Waals surface area contributed by atoms with Crippen LogP contribution in [-0.2, 0) is 5.41 Å². The van der Waals surface area contributed by atoms with Crippen LogP contribution >= 0.6 is 0 Å².